The quantitative estimate of drug-likeness (QED) is 0.207. The van der Waals surface area contributed by atoms with E-state index in [1.54, 1.807) is 0 Å². The Morgan fingerprint density at radius 3 is 0.263 bits per heavy atom. The van der Waals surface area contributed by atoms with Gasteiger partial charge in [-0.1, -0.05) is 0 Å². The zero-order valence-corrected chi connectivity index (χ0v) is 21.4. The SMILES string of the molecule is [Mo+4].[Mo+4].[Mo+4].[O-][As]([O-])[O-].[O-][As]([O-])[O-].[O-][As]([O-])[O-].[O-][As]([O-])[O-]. The summed E-state index contributed by atoms with van der Waals surface area (Å²) in [5, 5.41) is 0. The van der Waals surface area contributed by atoms with Crippen molar-refractivity contribution in [1.29, 1.82) is 0 Å². The maximum atomic E-state index is 8.56. The molecule has 0 N–H and O–H groups in total. The third-order valence-corrected chi connectivity index (χ3v) is 0. The number of rotatable bonds is 0. The third kappa shape index (κ3) is 588. The first-order valence-corrected chi connectivity index (χ1v) is 11.4. The maximum absolute atomic E-state index is 8.56. The second-order valence-corrected chi connectivity index (χ2v) is 4.65. The summed E-state index contributed by atoms with van der Waals surface area (Å²) in [6.07, 6.45) is 0. The van der Waals surface area contributed by atoms with E-state index in [0.29, 0.717) is 0 Å². The van der Waals surface area contributed by atoms with Crippen molar-refractivity contribution in [3.63, 3.8) is 0 Å². The van der Waals surface area contributed by atoms with Crippen molar-refractivity contribution < 1.29 is 112 Å². The molecule has 0 aliphatic carbocycles. The molecule has 0 spiro atoms. The molecule has 0 radical (unpaired) electrons. The summed E-state index contributed by atoms with van der Waals surface area (Å²) >= 11 is -15.8. The standard InChI is InChI=1S/4AsO3.3Mo/c4*2-1(3)4;;;/q4*-3;3*+4. The van der Waals surface area contributed by atoms with Crippen molar-refractivity contribution in [1.82, 2.24) is 0 Å². The Hall–Kier alpha value is 3.82. The predicted molar refractivity (Wildman–Crippen MR) is 23.0 cm³/mol. The number of hydrogen-bond donors (Lipinski definition) is 0. The molecule has 0 atom stereocenters. The van der Waals surface area contributed by atoms with Crippen molar-refractivity contribution in [2.75, 3.05) is 0 Å². The first-order chi connectivity index (χ1) is 6.93. The van der Waals surface area contributed by atoms with Gasteiger partial charge >= 0.3 is 175 Å². The molecule has 0 rings (SSSR count). The van der Waals surface area contributed by atoms with Crippen molar-refractivity contribution in [2.24, 2.45) is 0 Å². The van der Waals surface area contributed by atoms with Gasteiger partial charge in [-0.3, -0.25) is 0 Å². The van der Waals surface area contributed by atoms with Gasteiger partial charge in [-0.2, -0.15) is 0 Å². The van der Waals surface area contributed by atoms with E-state index in [0.717, 1.165) is 0 Å². The van der Waals surface area contributed by atoms with Gasteiger partial charge < -0.3 is 0 Å². The van der Waals surface area contributed by atoms with Crippen LogP contribution in [0.3, 0.4) is 0 Å². The van der Waals surface area contributed by atoms with E-state index in [1.807, 2.05) is 0 Å². The average Bonchev–Trinajstić information content (AvgIpc) is 1.76. The molecule has 0 aliphatic heterocycles. The topological polar surface area (TPSA) is 277 Å². The van der Waals surface area contributed by atoms with Gasteiger partial charge in [0.1, 0.15) is 0 Å². The first kappa shape index (κ1) is 43.4. The van der Waals surface area contributed by atoms with E-state index in [-0.39, 0.29) is 63.2 Å². The summed E-state index contributed by atoms with van der Waals surface area (Å²) in [5.41, 5.74) is 0. The fourth-order valence-electron chi connectivity index (χ4n) is 0. The van der Waals surface area contributed by atoms with Gasteiger partial charge in [-0.25, -0.2) is 0 Å². The molecule has 19 heteroatoms. The summed E-state index contributed by atoms with van der Waals surface area (Å²) in [4.78, 5) is 0. The molecule has 0 fully saturated rings. The Morgan fingerprint density at radius 2 is 0.263 bits per heavy atom. The van der Waals surface area contributed by atoms with E-state index in [2.05, 4.69) is 0 Å². The van der Waals surface area contributed by atoms with Crippen LogP contribution in [0.15, 0.2) is 0 Å². The molecule has 19 heavy (non-hydrogen) atoms. The predicted octanol–water partition coefficient (Wildman–Crippen LogP) is -15.8. The van der Waals surface area contributed by atoms with Crippen LogP contribution >= 0.6 is 0 Å². The number of hydrogen-bond acceptors (Lipinski definition) is 12. The molecule has 0 unspecified atom stereocenters. The van der Waals surface area contributed by atoms with Gasteiger partial charge in [0.05, 0.1) is 0 Å². The zero-order valence-electron chi connectivity index (χ0n) is 7.91. The van der Waals surface area contributed by atoms with Crippen LogP contribution in [-0.2, 0) is 63.2 Å². The van der Waals surface area contributed by atoms with Gasteiger partial charge in [-0.15, -0.1) is 0 Å². The molecule has 12 nitrogen and oxygen atoms in total. The normalized spacial score (nSPS) is 7.58. The first-order valence-electron chi connectivity index (χ1n) is 2.19. The van der Waals surface area contributed by atoms with Crippen LogP contribution in [0.2, 0.25) is 0 Å². The van der Waals surface area contributed by atoms with E-state index >= 15 is 0 Å². The molecular weight excluding hydrogens is 779 g/mol. The van der Waals surface area contributed by atoms with Crippen molar-refractivity contribution in [3.05, 3.63) is 0 Å². The van der Waals surface area contributed by atoms with Crippen LogP contribution in [0.1, 0.15) is 0 Å². The molecule has 0 heterocycles. The van der Waals surface area contributed by atoms with Gasteiger partial charge in [0, 0.05) is 0 Å². The zero-order chi connectivity index (χ0) is 14.3. The van der Waals surface area contributed by atoms with Gasteiger partial charge in [0.15, 0.2) is 0 Å². The molecular formula is As4Mo3O12. The Balaban J connectivity index is -0.0000000192. The fraction of sp³-hybridized carbons (Fsp3) is 0. The second kappa shape index (κ2) is 37.8. The Bertz CT molecular complexity index is 68.0. The summed E-state index contributed by atoms with van der Waals surface area (Å²) in [6.45, 7) is 0. The summed E-state index contributed by atoms with van der Waals surface area (Å²) in [7, 11) is 0. The summed E-state index contributed by atoms with van der Waals surface area (Å²) in [6, 6.07) is 0. The van der Waals surface area contributed by atoms with Crippen molar-refractivity contribution in [3.8, 4) is 0 Å². The minimum atomic E-state index is -3.94. The van der Waals surface area contributed by atoms with E-state index in [1.165, 1.54) is 0 Å². The van der Waals surface area contributed by atoms with Crippen LogP contribution < -0.4 is 49.1 Å². The molecule has 0 aromatic carbocycles. The third-order valence-electron chi connectivity index (χ3n) is 0. The monoisotopic (exact) mass is 785 g/mol. The van der Waals surface area contributed by atoms with Crippen LogP contribution in [0.5, 0.6) is 0 Å². The molecule has 0 aromatic heterocycles. The van der Waals surface area contributed by atoms with Gasteiger partial charge in [0.2, 0.25) is 0 Å². The molecule has 0 amide bonds. The van der Waals surface area contributed by atoms with Crippen LogP contribution in [0, 0.1) is 0 Å². The van der Waals surface area contributed by atoms with E-state index < -0.39 is 62.7 Å². The molecule has 0 saturated carbocycles. The Morgan fingerprint density at radius 1 is 0.263 bits per heavy atom. The summed E-state index contributed by atoms with van der Waals surface area (Å²) in [5.74, 6) is 0. The van der Waals surface area contributed by atoms with Crippen LogP contribution in [-0.4, -0.2) is 62.7 Å². The van der Waals surface area contributed by atoms with Crippen LogP contribution in [0.4, 0.5) is 0 Å². The molecule has 110 valence electrons. The molecule has 0 aliphatic rings. The van der Waals surface area contributed by atoms with E-state index in [9.17, 15) is 0 Å². The Labute approximate surface area is 172 Å². The molecule has 0 aromatic rings. The molecule has 0 saturated heterocycles. The second-order valence-electron chi connectivity index (χ2n) is 0.894. The minimum absolute atomic E-state index is 0. The van der Waals surface area contributed by atoms with Gasteiger partial charge in [-0.05, 0) is 0 Å². The summed E-state index contributed by atoms with van der Waals surface area (Å²) < 4.78 is 103. The molecule has 0 bridgehead atoms. The van der Waals surface area contributed by atoms with Crippen LogP contribution in [0.25, 0.3) is 0 Å². The van der Waals surface area contributed by atoms with Crippen molar-refractivity contribution in [2.45, 2.75) is 0 Å². The van der Waals surface area contributed by atoms with Gasteiger partial charge in [0.25, 0.3) is 0 Å². The van der Waals surface area contributed by atoms with Crippen molar-refractivity contribution >= 4 is 62.7 Å². The fourth-order valence-corrected chi connectivity index (χ4v) is 0. The average molecular weight is 779 g/mol. The Kier molecular flexibility index (Phi) is 86.3. The van der Waals surface area contributed by atoms with E-state index in [4.69, 9.17) is 49.1 Å².